The van der Waals surface area contributed by atoms with E-state index in [0.29, 0.717) is 17.8 Å². The second-order valence-electron chi connectivity index (χ2n) is 7.27. The fourth-order valence-corrected chi connectivity index (χ4v) is 3.55. The normalized spacial score (nSPS) is 19.7. The summed E-state index contributed by atoms with van der Waals surface area (Å²) in [6.07, 6.45) is 2.38. The van der Waals surface area contributed by atoms with Crippen molar-refractivity contribution in [2.75, 3.05) is 18.0 Å². The van der Waals surface area contributed by atoms with Crippen LogP contribution in [0.25, 0.3) is 11.0 Å². The predicted molar refractivity (Wildman–Crippen MR) is 106 cm³/mol. The predicted octanol–water partition coefficient (Wildman–Crippen LogP) is 2.70. The molecule has 1 saturated heterocycles. The van der Waals surface area contributed by atoms with Crippen molar-refractivity contribution in [3.8, 4) is 0 Å². The van der Waals surface area contributed by atoms with Gasteiger partial charge in [-0.1, -0.05) is 23.4 Å². The number of carbonyl (C=O) groups excluding carboxylic acids is 1. The Morgan fingerprint density at radius 3 is 2.71 bits per heavy atom. The number of nitrogens with one attached hydrogen (secondary N) is 1. The fraction of sp³-hybridized carbons (Fsp3) is 0.381. The zero-order valence-electron chi connectivity index (χ0n) is 16.1. The van der Waals surface area contributed by atoms with Crippen molar-refractivity contribution in [3.63, 3.8) is 0 Å². The first kappa shape index (κ1) is 18.4. The van der Waals surface area contributed by atoms with Gasteiger partial charge < -0.3 is 19.5 Å². The van der Waals surface area contributed by atoms with Gasteiger partial charge in [-0.3, -0.25) is 4.79 Å². The van der Waals surface area contributed by atoms with Gasteiger partial charge in [-0.15, -0.1) is 0 Å². The molecule has 2 atom stereocenters. The van der Waals surface area contributed by atoms with E-state index in [1.807, 2.05) is 42.6 Å². The number of amides is 1. The van der Waals surface area contributed by atoms with E-state index >= 15 is 0 Å². The third kappa shape index (κ3) is 4.14. The van der Waals surface area contributed by atoms with Crippen LogP contribution in [0.5, 0.6) is 0 Å². The third-order valence-electron chi connectivity index (χ3n) is 4.82. The molecule has 1 aliphatic heterocycles. The van der Waals surface area contributed by atoms with Crippen LogP contribution < -0.4 is 10.2 Å². The van der Waals surface area contributed by atoms with Crippen LogP contribution >= 0.6 is 0 Å². The third-order valence-corrected chi connectivity index (χ3v) is 4.82. The van der Waals surface area contributed by atoms with Gasteiger partial charge in [-0.05, 0) is 37.6 Å². The molecular weight excluding hydrogens is 356 g/mol. The standard InChI is InChI=1S/C21H24N4O3/c1-14-12-25(13-15(2)27-14)20-8-7-16(10-22-20)11-23-21(26)9-18-17-5-3-4-6-19(17)28-24-18/h3-8,10,14-15H,9,11-13H2,1-2H3,(H,23,26)/t14-,15+. The minimum absolute atomic E-state index is 0.0982. The van der Waals surface area contributed by atoms with E-state index in [2.05, 4.69) is 34.2 Å². The van der Waals surface area contributed by atoms with Gasteiger partial charge >= 0.3 is 0 Å². The molecule has 3 heterocycles. The maximum atomic E-state index is 12.3. The molecule has 0 spiro atoms. The summed E-state index contributed by atoms with van der Waals surface area (Å²) in [7, 11) is 0. The molecule has 28 heavy (non-hydrogen) atoms. The Hall–Kier alpha value is -2.93. The van der Waals surface area contributed by atoms with Crippen molar-refractivity contribution in [1.82, 2.24) is 15.5 Å². The molecule has 1 fully saturated rings. The molecule has 0 radical (unpaired) electrons. The van der Waals surface area contributed by atoms with Gasteiger partial charge in [0.2, 0.25) is 5.91 Å². The van der Waals surface area contributed by atoms with Gasteiger partial charge in [0.05, 0.1) is 18.6 Å². The van der Waals surface area contributed by atoms with Crippen molar-refractivity contribution in [1.29, 1.82) is 0 Å². The summed E-state index contributed by atoms with van der Waals surface area (Å²) >= 11 is 0. The lowest BCUT2D eigenvalue weighted by Crippen LogP contribution is -2.45. The second-order valence-corrected chi connectivity index (χ2v) is 7.27. The average Bonchev–Trinajstić information content (AvgIpc) is 3.09. The van der Waals surface area contributed by atoms with Crippen LogP contribution in [0.15, 0.2) is 47.1 Å². The Labute approximate surface area is 163 Å². The minimum Gasteiger partial charge on any atom is -0.372 e. The van der Waals surface area contributed by atoms with Gasteiger partial charge in [-0.25, -0.2) is 4.98 Å². The zero-order chi connectivity index (χ0) is 19.5. The summed E-state index contributed by atoms with van der Waals surface area (Å²) in [6, 6.07) is 11.5. The van der Waals surface area contributed by atoms with Gasteiger partial charge in [0, 0.05) is 31.2 Å². The molecule has 1 aromatic carbocycles. The number of para-hydroxylation sites is 1. The molecule has 1 aliphatic rings. The van der Waals surface area contributed by atoms with E-state index in [-0.39, 0.29) is 24.5 Å². The lowest BCUT2D eigenvalue weighted by Gasteiger charge is -2.36. The van der Waals surface area contributed by atoms with E-state index in [0.717, 1.165) is 29.9 Å². The van der Waals surface area contributed by atoms with Crippen molar-refractivity contribution >= 4 is 22.7 Å². The van der Waals surface area contributed by atoms with Crippen molar-refractivity contribution in [2.24, 2.45) is 0 Å². The summed E-state index contributed by atoms with van der Waals surface area (Å²) in [5, 5.41) is 7.80. The molecule has 3 aromatic rings. The molecular formula is C21H24N4O3. The van der Waals surface area contributed by atoms with Gasteiger partial charge in [0.15, 0.2) is 5.58 Å². The number of benzene rings is 1. The lowest BCUT2D eigenvalue weighted by molar-refractivity contribution is -0.120. The van der Waals surface area contributed by atoms with Crippen LogP contribution in [0.1, 0.15) is 25.1 Å². The maximum absolute atomic E-state index is 12.3. The van der Waals surface area contributed by atoms with Crippen LogP contribution in [-0.2, 0) is 22.5 Å². The molecule has 1 amide bonds. The molecule has 0 unspecified atom stereocenters. The molecule has 7 nitrogen and oxygen atoms in total. The highest BCUT2D eigenvalue weighted by Gasteiger charge is 2.23. The highest BCUT2D eigenvalue weighted by atomic mass is 16.5. The minimum atomic E-state index is -0.0982. The van der Waals surface area contributed by atoms with E-state index < -0.39 is 0 Å². The Morgan fingerprint density at radius 2 is 1.96 bits per heavy atom. The van der Waals surface area contributed by atoms with E-state index in [4.69, 9.17) is 9.26 Å². The highest BCUT2D eigenvalue weighted by Crippen LogP contribution is 2.19. The van der Waals surface area contributed by atoms with Crippen molar-refractivity contribution in [3.05, 3.63) is 53.9 Å². The number of carbonyl (C=O) groups is 1. The molecule has 0 aliphatic carbocycles. The number of pyridine rings is 1. The van der Waals surface area contributed by atoms with E-state index in [1.54, 1.807) is 0 Å². The summed E-state index contributed by atoms with van der Waals surface area (Å²) < 4.78 is 11.0. The van der Waals surface area contributed by atoms with Crippen molar-refractivity contribution < 1.29 is 14.1 Å². The van der Waals surface area contributed by atoms with E-state index in [9.17, 15) is 4.79 Å². The number of anilines is 1. The van der Waals surface area contributed by atoms with Crippen LogP contribution in [0.3, 0.4) is 0 Å². The number of rotatable bonds is 5. The molecule has 0 bridgehead atoms. The molecule has 2 aromatic heterocycles. The number of nitrogens with zero attached hydrogens (tertiary/aromatic N) is 3. The topological polar surface area (TPSA) is 80.5 Å². The second kappa shape index (κ2) is 7.98. The average molecular weight is 380 g/mol. The van der Waals surface area contributed by atoms with Gasteiger partial charge in [-0.2, -0.15) is 0 Å². The Balaban J connectivity index is 1.33. The Morgan fingerprint density at radius 1 is 1.18 bits per heavy atom. The van der Waals surface area contributed by atoms with E-state index in [1.165, 1.54) is 0 Å². The molecule has 7 heteroatoms. The molecule has 4 rings (SSSR count). The van der Waals surface area contributed by atoms with Gasteiger partial charge in [0.25, 0.3) is 0 Å². The lowest BCUT2D eigenvalue weighted by atomic mass is 10.1. The first-order valence-corrected chi connectivity index (χ1v) is 9.54. The summed E-state index contributed by atoms with van der Waals surface area (Å²) in [5.74, 6) is 0.838. The quantitative estimate of drug-likeness (QED) is 0.733. The molecule has 146 valence electrons. The van der Waals surface area contributed by atoms with Crippen LogP contribution in [-0.4, -0.2) is 41.3 Å². The number of morpholine rings is 1. The van der Waals surface area contributed by atoms with Crippen LogP contribution in [0, 0.1) is 0 Å². The van der Waals surface area contributed by atoms with Crippen molar-refractivity contribution in [2.45, 2.75) is 39.0 Å². The highest BCUT2D eigenvalue weighted by molar-refractivity contribution is 5.86. The SMILES string of the molecule is C[C@@H]1CN(c2ccc(CNC(=O)Cc3noc4ccccc34)cn2)C[C@H](C)O1. The summed E-state index contributed by atoms with van der Waals surface area (Å²) in [5.41, 5.74) is 2.30. The van der Waals surface area contributed by atoms with Gasteiger partial charge in [0.1, 0.15) is 11.5 Å². The fourth-order valence-electron chi connectivity index (χ4n) is 3.55. The molecule has 0 saturated carbocycles. The number of hydrogen-bond donors (Lipinski definition) is 1. The monoisotopic (exact) mass is 380 g/mol. The number of aromatic nitrogens is 2. The molecule has 1 N–H and O–H groups in total. The smallest absolute Gasteiger partial charge is 0.226 e. The largest absolute Gasteiger partial charge is 0.372 e. The number of fused-ring (bicyclic) bond motifs is 1. The van der Waals surface area contributed by atoms with Crippen LogP contribution in [0.4, 0.5) is 5.82 Å². The zero-order valence-corrected chi connectivity index (χ0v) is 16.1. The van der Waals surface area contributed by atoms with Crippen LogP contribution in [0.2, 0.25) is 0 Å². The Bertz CT molecular complexity index is 944. The first-order valence-electron chi connectivity index (χ1n) is 9.54. The number of hydrogen-bond acceptors (Lipinski definition) is 6. The summed E-state index contributed by atoms with van der Waals surface area (Å²) in [4.78, 5) is 19.1. The Kier molecular flexibility index (Phi) is 5.25. The first-order chi connectivity index (χ1) is 13.6. The summed E-state index contributed by atoms with van der Waals surface area (Å²) in [6.45, 7) is 6.24. The maximum Gasteiger partial charge on any atom is 0.226 e. The number of ether oxygens (including phenoxy) is 1.